The Labute approximate surface area is 146 Å². The second-order valence-electron chi connectivity index (χ2n) is 5.50. The summed E-state index contributed by atoms with van der Waals surface area (Å²) >= 11 is 1.61. The van der Waals surface area contributed by atoms with Crippen LogP contribution < -0.4 is 5.32 Å². The van der Waals surface area contributed by atoms with E-state index in [2.05, 4.69) is 25.8 Å². The van der Waals surface area contributed by atoms with Crippen LogP contribution in [0.2, 0.25) is 0 Å². The number of aryl methyl sites for hydroxylation is 2. The summed E-state index contributed by atoms with van der Waals surface area (Å²) in [6.45, 7) is 3.63. The van der Waals surface area contributed by atoms with Gasteiger partial charge in [-0.1, -0.05) is 5.16 Å². The van der Waals surface area contributed by atoms with Gasteiger partial charge < -0.3 is 9.84 Å². The summed E-state index contributed by atoms with van der Waals surface area (Å²) in [4.78, 5) is 12.3. The Hall–Kier alpha value is -3.07. The summed E-state index contributed by atoms with van der Waals surface area (Å²) in [6.07, 6.45) is 0. The van der Waals surface area contributed by atoms with E-state index in [9.17, 15) is 4.79 Å². The molecule has 4 rings (SSSR count). The first-order valence-corrected chi connectivity index (χ1v) is 8.53. The average molecular weight is 354 g/mol. The van der Waals surface area contributed by atoms with Crippen molar-refractivity contribution in [2.45, 2.75) is 20.4 Å². The molecule has 9 heteroatoms. The molecule has 0 aliphatic rings. The topological polar surface area (TPSA) is 98.2 Å². The highest BCUT2D eigenvalue weighted by atomic mass is 32.1. The summed E-state index contributed by atoms with van der Waals surface area (Å²) in [5.41, 5.74) is 3.48. The fourth-order valence-corrected chi connectivity index (χ4v) is 3.21. The fraction of sp³-hybridized carbons (Fsp3) is 0.188. The fourth-order valence-electron chi connectivity index (χ4n) is 2.56. The Morgan fingerprint density at radius 2 is 2.16 bits per heavy atom. The van der Waals surface area contributed by atoms with E-state index in [1.54, 1.807) is 29.7 Å². The zero-order valence-corrected chi connectivity index (χ0v) is 14.4. The number of carbonyl (C=O) groups is 1. The van der Waals surface area contributed by atoms with Crippen molar-refractivity contribution in [1.29, 1.82) is 0 Å². The molecule has 4 aromatic rings. The van der Waals surface area contributed by atoms with Gasteiger partial charge in [0.25, 0.3) is 5.91 Å². The van der Waals surface area contributed by atoms with Crippen LogP contribution in [0.3, 0.4) is 0 Å². The van der Waals surface area contributed by atoms with Crippen LogP contribution in [-0.2, 0) is 6.54 Å². The molecule has 0 bridgehead atoms. The van der Waals surface area contributed by atoms with E-state index < -0.39 is 0 Å². The molecule has 126 valence electrons. The van der Waals surface area contributed by atoms with Crippen molar-refractivity contribution in [3.8, 4) is 11.3 Å². The van der Waals surface area contributed by atoms with Crippen molar-refractivity contribution >= 4 is 22.9 Å². The van der Waals surface area contributed by atoms with Gasteiger partial charge in [-0.05, 0) is 37.4 Å². The van der Waals surface area contributed by atoms with Crippen LogP contribution in [0.25, 0.3) is 16.9 Å². The molecule has 4 aromatic heterocycles. The number of hydrogen-bond acceptors (Lipinski definition) is 7. The molecule has 0 radical (unpaired) electrons. The number of carbonyl (C=O) groups excluding carboxylic acids is 1. The normalized spacial score (nSPS) is 11.1. The summed E-state index contributed by atoms with van der Waals surface area (Å²) in [5.74, 6) is 0.771. The molecule has 0 aromatic carbocycles. The van der Waals surface area contributed by atoms with Gasteiger partial charge in [0.1, 0.15) is 11.3 Å². The maximum atomic E-state index is 12.3. The number of rotatable bonds is 4. The van der Waals surface area contributed by atoms with E-state index in [1.165, 1.54) is 0 Å². The van der Waals surface area contributed by atoms with Crippen LogP contribution in [0.1, 0.15) is 27.6 Å². The lowest BCUT2D eigenvalue weighted by molar-refractivity contribution is 0.0947. The van der Waals surface area contributed by atoms with Crippen LogP contribution in [0.15, 0.2) is 33.5 Å². The highest BCUT2D eigenvalue weighted by molar-refractivity contribution is 7.08. The van der Waals surface area contributed by atoms with Crippen molar-refractivity contribution in [2.75, 3.05) is 0 Å². The lowest BCUT2D eigenvalue weighted by atomic mass is 10.2. The van der Waals surface area contributed by atoms with Crippen LogP contribution in [-0.4, -0.2) is 30.9 Å². The standard InChI is InChI=1S/C16H14N6O2S/c1-9-15(10(2)24-21-9)16(23)17-7-14-19-18-13-4-3-12(20-22(13)14)11-5-6-25-8-11/h3-6,8H,7H2,1-2H3,(H,17,23). The molecule has 0 atom stereocenters. The highest BCUT2D eigenvalue weighted by Gasteiger charge is 2.18. The molecule has 0 aliphatic heterocycles. The quantitative estimate of drug-likeness (QED) is 0.604. The monoisotopic (exact) mass is 354 g/mol. The molecule has 0 fully saturated rings. The number of fused-ring (bicyclic) bond motifs is 1. The predicted octanol–water partition coefficient (Wildman–Crippen LogP) is 2.39. The van der Waals surface area contributed by atoms with Gasteiger partial charge in [0, 0.05) is 10.9 Å². The van der Waals surface area contributed by atoms with Crippen molar-refractivity contribution in [3.63, 3.8) is 0 Å². The van der Waals surface area contributed by atoms with Gasteiger partial charge in [0.05, 0.1) is 17.9 Å². The summed E-state index contributed by atoms with van der Waals surface area (Å²) < 4.78 is 6.66. The molecule has 0 saturated heterocycles. The number of aromatic nitrogens is 5. The van der Waals surface area contributed by atoms with Gasteiger partial charge in [-0.3, -0.25) is 4.79 Å². The highest BCUT2D eigenvalue weighted by Crippen LogP contribution is 2.20. The summed E-state index contributed by atoms with van der Waals surface area (Å²) in [7, 11) is 0. The number of nitrogens with one attached hydrogen (secondary N) is 1. The minimum atomic E-state index is -0.262. The first kappa shape index (κ1) is 15.5. The molecule has 25 heavy (non-hydrogen) atoms. The molecule has 0 saturated carbocycles. The summed E-state index contributed by atoms with van der Waals surface area (Å²) in [5, 5.41) is 23.4. The number of amides is 1. The number of thiophene rings is 1. The second kappa shape index (κ2) is 6.10. The van der Waals surface area contributed by atoms with Gasteiger partial charge >= 0.3 is 0 Å². The Morgan fingerprint density at radius 1 is 1.28 bits per heavy atom. The molecule has 8 nitrogen and oxygen atoms in total. The van der Waals surface area contributed by atoms with Gasteiger partial charge in [0.15, 0.2) is 11.5 Å². The third kappa shape index (κ3) is 2.78. The minimum Gasteiger partial charge on any atom is -0.361 e. The van der Waals surface area contributed by atoms with Crippen molar-refractivity contribution in [2.24, 2.45) is 0 Å². The Bertz CT molecular complexity index is 1030. The maximum absolute atomic E-state index is 12.3. The largest absolute Gasteiger partial charge is 0.361 e. The van der Waals surface area contributed by atoms with E-state index in [0.29, 0.717) is 28.5 Å². The van der Waals surface area contributed by atoms with Gasteiger partial charge in [-0.15, -0.1) is 10.2 Å². The average Bonchev–Trinajstić information content (AvgIpc) is 3.33. The van der Waals surface area contributed by atoms with Crippen molar-refractivity contribution in [3.05, 3.63) is 51.8 Å². The number of nitrogens with zero attached hydrogens (tertiary/aromatic N) is 5. The lowest BCUT2D eigenvalue weighted by Crippen LogP contribution is -2.25. The third-order valence-corrected chi connectivity index (χ3v) is 4.50. The van der Waals surface area contributed by atoms with Crippen LogP contribution in [0.5, 0.6) is 0 Å². The van der Waals surface area contributed by atoms with Gasteiger partial charge in [0.2, 0.25) is 0 Å². The zero-order valence-electron chi connectivity index (χ0n) is 13.6. The Kier molecular flexibility index (Phi) is 3.77. The van der Waals surface area contributed by atoms with Crippen LogP contribution >= 0.6 is 11.3 Å². The molecule has 0 unspecified atom stereocenters. The van der Waals surface area contributed by atoms with E-state index >= 15 is 0 Å². The molecular weight excluding hydrogens is 340 g/mol. The van der Waals surface area contributed by atoms with Crippen molar-refractivity contribution in [1.82, 2.24) is 30.3 Å². The number of hydrogen-bond donors (Lipinski definition) is 1. The lowest BCUT2D eigenvalue weighted by Gasteiger charge is -2.04. The van der Waals surface area contributed by atoms with Gasteiger partial charge in [-0.25, -0.2) is 0 Å². The molecule has 1 amide bonds. The van der Waals surface area contributed by atoms with E-state index in [-0.39, 0.29) is 12.5 Å². The summed E-state index contributed by atoms with van der Waals surface area (Å²) in [6, 6.07) is 5.76. The van der Waals surface area contributed by atoms with Crippen LogP contribution in [0, 0.1) is 13.8 Å². The Balaban J connectivity index is 1.59. The zero-order chi connectivity index (χ0) is 17.4. The van der Waals surface area contributed by atoms with E-state index in [0.717, 1.165) is 11.3 Å². The first-order valence-electron chi connectivity index (χ1n) is 7.58. The molecule has 4 heterocycles. The van der Waals surface area contributed by atoms with Gasteiger partial charge in [-0.2, -0.15) is 21.0 Å². The molecule has 0 spiro atoms. The molecule has 1 N–H and O–H groups in total. The SMILES string of the molecule is Cc1noc(C)c1C(=O)NCc1nnc2ccc(-c3ccsc3)nn12. The predicted molar refractivity (Wildman–Crippen MR) is 91.2 cm³/mol. The van der Waals surface area contributed by atoms with Crippen LogP contribution in [0.4, 0.5) is 0 Å². The molecule has 0 aliphatic carbocycles. The van der Waals surface area contributed by atoms with E-state index in [1.807, 2.05) is 29.0 Å². The second-order valence-corrected chi connectivity index (χ2v) is 6.28. The molecular formula is C16H14N6O2S. The maximum Gasteiger partial charge on any atom is 0.257 e. The third-order valence-electron chi connectivity index (χ3n) is 3.81. The smallest absolute Gasteiger partial charge is 0.257 e. The Morgan fingerprint density at radius 3 is 2.88 bits per heavy atom. The van der Waals surface area contributed by atoms with E-state index in [4.69, 9.17) is 4.52 Å². The minimum absolute atomic E-state index is 0.199. The van der Waals surface area contributed by atoms with Crippen molar-refractivity contribution < 1.29 is 9.32 Å². The first-order chi connectivity index (χ1) is 12.1.